The van der Waals surface area contributed by atoms with Gasteiger partial charge < -0.3 is 5.11 Å². The summed E-state index contributed by atoms with van der Waals surface area (Å²) in [5.74, 6) is 0.201. The Morgan fingerprint density at radius 3 is 2.53 bits per heavy atom. The van der Waals surface area contributed by atoms with Crippen LogP contribution in [0, 0.1) is 12.7 Å². The number of aliphatic hydroxyl groups excluding tert-OH is 1. The predicted octanol–water partition coefficient (Wildman–Crippen LogP) is 4.72. The first-order valence-electron chi connectivity index (χ1n) is 5.88. The van der Waals surface area contributed by atoms with Crippen LogP contribution < -0.4 is 0 Å². The van der Waals surface area contributed by atoms with Crippen molar-refractivity contribution in [3.05, 3.63) is 63.9 Å². The van der Waals surface area contributed by atoms with Crippen molar-refractivity contribution in [3.8, 4) is 0 Å². The van der Waals surface area contributed by atoms with E-state index in [0.717, 1.165) is 14.9 Å². The summed E-state index contributed by atoms with van der Waals surface area (Å²) in [6, 6.07) is 12.5. The van der Waals surface area contributed by atoms with Gasteiger partial charge in [-0.1, -0.05) is 22.0 Å². The van der Waals surface area contributed by atoms with Gasteiger partial charge >= 0.3 is 0 Å². The number of aliphatic hydroxyl groups is 1. The van der Waals surface area contributed by atoms with Crippen LogP contribution in [0.1, 0.15) is 17.2 Å². The van der Waals surface area contributed by atoms with Crippen LogP contribution in [0.3, 0.4) is 0 Å². The highest BCUT2D eigenvalue weighted by Crippen LogP contribution is 2.26. The molecule has 2 aromatic rings. The molecular weight excluding hydrogens is 327 g/mol. The Labute approximate surface area is 125 Å². The number of halogens is 2. The highest BCUT2D eigenvalue weighted by atomic mass is 79.9. The molecule has 0 amide bonds. The maximum absolute atomic E-state index is 13.3. The van der Waals surface area contributed by atoms with Crippen molar-refractivity contribution in [1.29, 1.82) is 0 Å². The van der Waals surface area contributed by atoms with Crippen molar-refractivity contribution < 1.29 is 9.50 Å². The van der Waals surface area contributed by atoms with Gasteiger partial charge in [-0.3, -0.25) is 0 Å². The van der Waals surface area contributed by atoms with Gasteiger partial charge in [0.2, 0.25) is 0 Å². The third kappa shape index (κ3) is 4.34. The van der Waals surface area contributed by atoms with Crippen LogP contribution in [-0.2, 0) is 0 Å². The zero-order chi connectivity index (χ0) is 13.8. The normalized spacial score (nSPS) is 12.4. The van der Waals surface area contributed by atoms with Gasteiger partial charge in [-0.2, -0.15) is 0 Å². The minimum atomic E-state index is -0.664. The Morgan fingerprint density at radius 1 is 1.21 bits per heavy atom. The second-order valence-corrected chi connectivity index (χ2v) is 6.35. The van der Waals surface area contributed by atoms with Gasteiger partial charge in [0.1, 0.15) is 5.82 Å². The lowest BCUT2D eigenvalue weighted by Crippen LogP contribution is -2.01. The number of thioether (sulfide) groups is 1. The molecule has 1 atom stereocenters. The molecule has 4 heteroatoms. The first kappa shape index (κ1) is 14.6. The van der Waals surface area contributed by atoms with E-state index >= 15 is 0 Å². The second kappa shape index (κ2) is 6.55. The molecule has 1 N–H and O–H groups in total. The van der Waals surface area contributed by atoms with Crippen LogP contribution in [0.2, 0.25) is 0 Å². The summed E-state index contributed by atoms with van der Waals surface area (Å²) in [4.78, 5) is 1.08. The molecule has 0 fully saturated rings. The summed E-state index contributed by atoms with van der Waals surface area (Å²) in [6.45, 7) is 1.82. The molecule has 0 aliphatic heterocycles. The van der Waals surface area contributed by atoms with E-state index in [1.807, 2.05) is 37.3 Å². The van der Waals surface area contributed by atoms with Crippen LogP contribution >= 0.6 is 27.7 Å². The Hall–Kier alpha value is -0.840. The van der Waals surface area contributed by atoms with Crippen LogP contribution in [-0.4, -0.2) is 10.9 Å². The van der Waals surface area contributed by atoms with Crippen molar-refractivity contribution in [2.75, 3.05) is 5.75 Å². The lowest BCUT2D eigenvalue weighted by Gasteiger charge is -2.11. The van der Waals surface area contributed by atoms with Crippen molar-refractivity contribution in [3.63, 3.8) is 0 Å². The quantitative estimate of drug-likeness (QED) is 0.812. The lowest BCUT2D eigenvalue weighted by molar-refractivity contribution is 0.203. The Bertz CT molecular complexity index is 536. The molecule has 2 aromatic carbocycles. The maximum atomic E-state index is 13.3. The number of rotatable bonds is 4. The minimum absolute atomic E-state index is 0.303. The number of hydrogen-bond acceptors (Lipinski definition) is 2. The molecular formula is C15H14BrFOS. The molecule has 0 saturated heterocycles. The zero-order valence-corrected chi connectivity index (χ0v) is 12.8. The van der Waals surface area contributed by atoms with Crippen LogP contribution in [0.5, 0.6) is 0 Å². The van der Waals surface area contributed by atoms with E-state index < -0.39 is 6.10 Å². The topological polar surface area (TPSA) is 20.2 Å². The molecule has 0 aliphatic carbocycles. The molecule has 0 aliphatic rings. The number of aryl methyl sites for hydroxylation is 1. The monoisotopic (exact) mass is 340 g/mol. The summed E-state index contributed by atoms with van der Waals surface area (Å²) in [6.07, 6.45) is -0.664. The SMILES string of the molecule is Cc1cc(F)cc(C(O)CSc2ccc(Br)cc2)c1. The van der Waals surface area contributed by atoms with Crippen molar-refractivity contribution in [2.24, 2.45) is 0 Å². The molecule has 0 spiro atoms. The van der Waals surface area contributed by atoms with Crippen LogP contribution in [0.25, 0.3) is 0 Å². The minimum Gasteiger partial charge on any atom is -0.388 e. The first-order chi connectivity index (χ1) is 9.04. The van der Waals surface area contributed by atoms with E-state index in [9.17, 15) is 9.50 Å². The third-order valence-corrected chi connectivity index (χ3v) is 4.29. The molecule has 0 saturated carbocycles. The van der Waals surface area contributed by atoms with E-state index in [4.69, 9.17) is 0 Å². The fraction of sp³-hybridized carbons (Fsp3) is 0.200. The van der Waals surface area contributed by atoms with Gasteiger partial charge in [-0.05, 0) is 54.4 Å². The molecule has 19 heavy (non-hydrogen) atoms. The summed E-state index contributed by atoms with van der Waals surface area (Å²) >= 11 is 4.93. The van der Waals surface area contributed by atoms with Crippen LogP contribution in [0.4, 0.5) is 4.39 Å². The smallest absolute Gasteiger partial charge is 0.123 e. The zero-order valence-electron chi connectivity index (χ0n) is 10.4. The molecule has 1 nitrogen and oxygen atoms in total. The van der Waals surface area contributed by atoms with Crippen molar-refractivity contribution in [2.45, 2.75) is 17.9 Å². The fourth-order valence-electron chi connectivity index (χ4n) is 1.76. The van der Waals surface area contributed by atoms with Crippen molar-refractivity contribution in [1.82, 2.24) is 0 Å². The van der Waals surface area contributed by atoms with Gasteiger partial charge in [-0.15, -0.1) is 11.8 Å². The van der Waals surface area contributed by atoms with Gasteiger partial charge in [-0.25, -0.2) is 4.39 Å². The summed E-state index contributed by atoms with van der Waals surface area (Å²) in [7, 11) is 0. The maximum Gasteiger partial charge on any atom is 0.123 e. The molecule has 0 heterocycles. The third-order valence-electron chi connectivity index (χ3n) is 2.67. The largest absolute Gasteiger partial charge is 0.388 e. The molecule has 100 valence electrons. The van der Waals surface area contributed by atoms with Gasteiger partial charge in [0.25, 0.3) is 0 Å². The second-order valence-electron chi connectivity index (χ2n) is 4.34. The van der Waals surface area contributed by atoms with E-state index in [0.29, 0.717) is 11.3 Å². The molecule has 0 radical (unpaired) electrons. The lowest BCUT2D eigenvalue weighted by atomic mass is 10.1. The van der Waals surface area contributed by atoms with E-state index in [2.05, 4.69) is 15.9 Å². The molecule has 2 rings (SSSR count). The van der Waals surface area contributed by atoms with Gasteiger partial charge in [0, 0.05) is 15.1 Å². The number of benzene rings is 2. The predicted molar refractivity (Wildman–Crippen MR) is 81.0 cm³/mol. The summed E-state index contributed by atoms with van der Waals surface area (Å²) in [5.41, 5.74) is 1.45. The average molecular weight is 341 g/mol. The van der Waals surface area contributed by atoms with E-state index in [1.54, 1.807) is 11.8 Å². The average Bonchev–Trinajstić information content (AvgIpc) is 2.36. The summed E-state index contributed by atoms with van der Waals surface area (Å²) < 4.78 is 14.3. The van der Waals surface area contributed by atoms with Gasteiger partial charge in [0.15, 0.2) is 0 Å². The Balaban J connectivity index is 2.00. The Kier molecular flexibility index (Phi) is 5.02. The molecule has 0 bridgehead atoms. The fourth-order valence-corrected chi connectivity index (χ4v) is 2.89. The number of hydrogen-bond donors (Lipinski definition) is 1. The van der Waals surface area contributed by atoms with E-state index in [-0.39, 0.29) is 5.82 Å². The molecule has 1 unspecified atom stereocenters. The summed E-state index contributed by atoms with van der Waals surface area (Å²) in [5, 5.41) is 10.1. The standard InChI is InChI=1S/C15H14BrFOS/c1-10-6-11(8-13(17)7-10)15(18)9-19-14-4-2-12(16)3-5-14/h2-8,15,18H,9H2,1H3. The molecule has 0 aromatic heterocycles. The van der Waals surface area contributed by atoms with E-state index in [1.165, 1.54) is 12.1 Å². The van der Waals surface area contributed by atoms with Gasteiger partial charge in [0.05, 0.1) is 6.10 Å². The van der Waals surface area contributed by atoms with Crippen molar-refractivity contribution >= 4 is 27.7 Å². The highest BCUT2D eigenvalue weighted by molar-refractivity contribution is 9.10. The van der Waals surface area contributed by atoms with Crippen LogP contribution in [0.15, 0.2) is 51.8 Å². The Morgan fingerprint density at radius 2 is 1.89 bits per heavy atom. The highest BCUT2D eigenvalue weighted by Gasteiger charge is 2.10. The first-order valence-corrected chi connectivity index (χ1v) is 7.66.